The Morgan fingerprint density at radius 2 is 1.80 bits per heavy atom. The summed E-state index contributed by atoms with van der Waals surface area (Å²) in [7, 11) is 1.82. The predicted molar refractivity (Wildman–Crippen MR) is 74.0 cm³/mol. The van der Waals surface area contributed by atoms with Crippen LogP contribution in [-0.4, -0.2) is 21.1 Å². The van der Waals surface area contributed by atoms with E-state index < -0.39 is 0 Å². The van der Waals surface area contributed by atoms with E-state index in [9.17, 15) is 9.59 Å². The van der Waals surface area contributed by atoms with Crippen LogP contribution >= 0.6 is 0 Å². The molecule has 1 aliphatic carbocycles. The highest BCUT2D eigenvalue weighted by molar-refractivity contribution is 6.32. The van der Waals surface area contributed by atoms with Crippen molar-refractivity contribution in [1.29, 1.82) is 0 Å². The van der Waals surface area contributed by atoms with Gasteiger partial charge in [-0.1, -0.05) is 18.2 Å². The van der Waals surface area contributed by atoms with E-state index >= 15 is 0 Å². The summed E-state index contributed by atoms with van der Waals surface area (Å²) in [6.45, 7) is 0. The quantitative estimate of drug-likeness (QED) is 0.489. The molecule has 4 nitrogen and oxygen atoms in total. The average molecular weight is 262 g/mol. The molecule has 3 aromatic rings. The highest BCUT2D eigenvalue weighted by atomic mass is 16.1. The molecule has 1 aromatic carbocycles. The topological polar surface area (TPSA) is 52.0 Å². The zero-order valence-electron chi connectivity index (χ0n) is 10.8. The van der Waals surface area contributed by atoms with Gasteiger partial charge >= 0.3 is 0 Å². The van der Waals surface area contributed by atoms with Gasteiger partial charge in [-0.05, 0) is 12.1 Å². The van der Waals surface area contributed by atoms with E-state index in [2.05, 4.69) is 4.98 Å². The minimum absolute atomic E-state index is 0.115. The summed E-state index contributed by atoms with van der Waals surface area (Å²) in [6.07, 6.45) is 3.01. The summed E-state index contributed by atoms with van der Waals surface area (Å²) in [5.41, 5.74) is 2.67. The first-order valence-corrected chi connectivity index (χ1v) is 6.31. The van der Waals surface area contributed by atoms with E-state index in [0.29, 0.717) is 22.4 Å². The van der Waals surface area contributed by atoms with Gasteiger partial charge in [0.25, 0.3) is 0 Å². The van der Waals surface area contributed by atoms with E-state index in [1.54, 1.807) is 10.6 Å². The lowest BCUT2D eigenvalue weighted by molar-refractivity contribution is 0.0975. The zero-order valence-corrected chi connectivity index (χ0v) is 10.8. The first kappa shape index (κ1) is 11.1. The van der Waals surface area contributed by atoms with Gasteiger partial charge in [0.15, 0.2) is 5.78 Å². The first-order chi connectivity index (χ1) is 9.70. The van der Waals surface area contributed by atoms with E-state index in [4.69, 9.17) is 0 Å². The van der Waals surface area contributed by atoms with Crippen LogP contribution in [0.4, 0.5) is 0 Å². The van der Waals surface area contributed by atoms with Gasteiger partial charge < -0.3 is 4.57 Å². The molecule has 0 fully saturated rings. The number of hydrogen-bond donors (Lipinski definition) is 0. The standard InChI is InChI=1S/C16H10N2O2/c1-18-12-5-3-2-4-10(12)13-14(18)16(20)9-6-7-17-8-11(9)15(13)19/h2-8H,1H3. The normalized spacial score (nSPS) is 13.4. The number of ketones is 2. The molecular weight excluding hydrogens is 252 g/mol. The highest BCUT2D eigenvalue weighted by Crippen LogP contribution is 2.33. The fourth-order valence-corrected chi connectivity index (χ4v) is 2.92. The van der Waals surface area contributed by atoms with E-state index in [0.717, 1.165) is 10.9 Å². The van der Waals surface area contributed by atoms with Crippen molar-refractivity contribution in [1.82, 2.24) is 9.55 Å². The number of aryl methyl sites for hydroxylation is 1. The summed E-state index contributed by atoms with van der Waals surface area (Å²) in [6, 6.07) is 9.17. The molecule has 4 heteroatoms. The molecule has 0 spiro atoms. The molecule has 2 aromatic heterocycles. The number of pyridine rings is 1. The summed E-state index contributed by atoms with van der Waals surface area (Å²) >= 11 is 0. The predicted octanol–water partition coefficient (Wildman–Crippen LogP) is 2.35. The Hall–Kier alpha value is -2.75. The molecule has 20 heavy (non-hydrogen) atoms. The minimum Gasteiger partial charge on any atom is -0.340 e. The van der Waals surface area contributed by atoms with Gasteiger partial charge in [-0.25, -0.2) is 0 Å². The summed E-state index contributed by atoms with van der Waals surface area (Å²) < 4.78 is 1.80. The SMILES string of the molecule is Cn1c2c(c3ccccc31)C(=O)c1cnccc1C2=O. The number of hydrogen-bond acceptors (Lipinski definition) is 3. The van der Waals surface area contributed by atoms with Crippen molar-refractivity contribution in [2.45, 2.75) is 0 Å². The minimum atomic E-state index is -0.125. The molecular formula is C16H10N2O2. The molecule has 0 saturated heterocycles. The Morgan fingerprint density at radius 3 is 2.65 bits per heavy atom. The lowest BCUT2D eigenvalue weighted by Gasteiger charge is -2.15. The van der Waals surface area contributed by atoms with Crippen molar-refractivity contribution in [3.63, 3.8) is 0 Å². The van der Waals surface area contributed by atoms with Gasteiger partial charge in [-0.3, -0.25) is 14.6 Å². The van der Waals surface area contributed by atoms with Crippen LogP contribution in [-0.2, 0) is 7.05 Å². The zero-order chi connectivity index (χ0) is 13.9. The Kier molecular flexibility index (Phi) is 2.02. The number of rotatable bonds is 0. The van der Waals surface area contributed by atoms with Gasteiger partial charge in [0, 0.05) is 35.9 Å². The van der Waals surface area contributed by atoms with Crippen LogP contribution < -0.4 is 0 Å². The summed E-state index contributed by atoms with van der Waals surface area (Å²) in [4.78, 5) is 29.3. The van der Waals surface area contributed by atoms with Gasteiger partial charge in [-0.2, -0.15) is 0 Å². The number of carbonyl (C=O) groups is 2. The lowest BCUT2D eigenvalue weighted by Crippen LogP contribution is -2.22. The maximum Gasteiger partial charge on any atom is 0.211 e. The average Bonchev–Trinajstić information content (AvgIpc) is 2.79. The number of aromatic nitrogens is 2. The van der Waals surface area contributed by atoms with Crippen LogP contribution in [0.5, 0.6) is 0 Å². The van der Waals surface area contributed by atoms with Crippen molar-refractivity contribution in [2.24, 2.45) is 7.05 Å². The number of nitrogens with zero attached hydrogens (tertiary/aromatic N) is 2. The molecule has 2 heterocycles. The van der Waals surface area contributed by atoms with Gasteiger partial charge in [0.1, 0.15) is 5.69 Å². The van der Waals surface area contributed by atoms with E-state index in [1.807, 2.05) is 31.3 Å². The third kappa shape index (κ3) is 1.18. The fourth-order valence-electron chi connectivity index (χ4n) is 2.92. The Labute approximate surface area is 114 Å². The summed E-state index contributed by atoms with van der Waals surface area (Å²) in [5, 5.41) is 0.817. The maximum absolute atomic E-state index is 12.7. The van der Waals surface area contributed by atoms with Crippen molar-refractivity contribution >= 4 is 22.5 Å². The number of fused-ring (bicyclic) bond motifs is 4. The molecule has 1 aliphatic rings. The Morgan fingerprint density at radius 1 is 1.00 bits per heavy atom. The molecule has 0 atom stereocenters. The third-order valence-corrected chi connectivity index (χ3v) is 3.86. The molecule has 96 valence electrons. The molecule has 0 amide bonds. The van der Waals surface area contributed by atoms with Crippen LogP contribution in [0.25, 0.3) is 10.9 Å². The number of para-hydroxylation sites is 1. The van der Waals surface area contributed by atoms with Crippen LogP contribution in [0, 0.1) is 0 Å². The van der Waals surface area contributed by atoms with Crippen molar-refractivity contribution in [3.8, 4) is 0 Å². The highest BCUT2D eigenvalue weighted by Gasteiger charge is 2.34. The van der Waals surface area contributed by atoms with Gasteiger partial charge in [0.2, 0.25) is 5.78 Å². The van der Waals surface area contributed by atoms with E-state index in [-0.39, 0.29) is 11.6 Å². The Bertz CT molecular complexity index is 906. The number of carbonyl (C=O) groups excluding carboxylic acids is 2. The lowest BCUT2D eigenvalue weighted by atomic mass is 9.88. The van der Waals surface area contributed by atoms with Crippen LogP contribution in [0.2, 0.25) is 0 Å². The van der Waals surface area contributed by atoms with Crippen LogP contribution in [0.3, 0.4) is 0 Å². The first-order valence-electron chi connectivity index (χ1n) is 6.31. The van der Waals surface area contributed by atoms with Crippen molar-refractivity contribution < 1.29 is 9.59 Å². The van der Waals surface area contributed by atoms with Gasteiger partial charge in [0.05, 0.1) is 11.1 Å². The maximum atomic E-state index is 12.7. The molecule has 0 N–H and O–H groups in total. The Balaban J connectivity index is 2.18. The molecule has 0 saturated carbocycles. The fraction of sp³-hybridized carbons (Fsp3) is 0.0625. The molecule has 0 unspecified atom stereocenters. The van der Waals surface area contributed by atoms with E-state index in [1.165, 1.54) is 12.4 Å². The number of benzene rings is 1. The third-order valence-electron chi connectivity index (χ3n) is 3.86. The van der Waals surface area contributed by atoms with Crippen LogP contribution in [0.1, 0.15) is 32.0 Å². The second-order valence-corrected chi connectivity index (χ2v) is 4.88. The summed E-state index contributed by atoms with van der Waals surface area (Å²) in [5.74, 6) is -0.241. The second-order valence-electron chi connectivity index (χ2n) is 4.88. The van der Waals surface area contributed by atoms with Gasteiger partial charge in [-0.15, -0.1) is 0 Å². The van der Waals surface area contributed by atoms with Crippen LogP contribution in [0.15, 0.2) is 42.7 Å². The largest absolute Gasteiger partial charge is 0.340 e. The molecule has 0 aliphatic heterocycles. The smallest absolute Gasteiger partial charge is 0.211 e. The monoisotopic (exact) mass is 262 g/mol. The molecule has 0 radical (unpaired) electrons. The molecule has 0 bridgehead atoms. The van der Waals surface area contributed by atoms with Crippen molar-refractivity contribution in [2.75, 3.05) is 0 Å². The molecule has 4 rings (SSSR count). The second kappa shape index (κ2) is 3.63. The van der Waals surface area contributed by atoms with Crippen molar-refractivity contribution in [3.05, 3.63) is 65.1 Å².